The number of hydrogen-bond donors (Lipinski definition) is 1. The Bertz CT molecular complexity index is 721. The molecular formula is C18H21FN2O4. The Morgan fingerprint density at radius 3 is 2.72 bits per heavy atom. The minimum atomic E-state index is -0.997. The van der Waals surface area contributed by atoms with Gasteiger partial charge in [0.1, 0.15) is 11.9 Å². The van der Waals surface area contributed by atoms with E-state index in [4.69, 9.17) is 0 Å². The lowest BCUT2D eigenvalue weighted by Gasteiger charge is -2.34. The average molecular weight is 348 g/mol. The van der Waals surface area contributed by atoms with Gasteiger partial charge in [-0.3, -0.25) is 9.59 Å². The maximum absolute atomic E-state index is 13.4. The predicted octanol–water partition coefficient (Wildman–Crippen LogP) is 1.95. The molecule has 6 nitrogen and oxygen atoms in total. The van der Waals surface area contributed by atoms with Crippen molar-refractivity contribution in [2.45, 2.75) is 38.6 Å². The molecule has 0 saturated carbocycles. The zero-order chi connectivity index (χ0) is 18.1. The number of rotatable bonds is 3. The second-order valence-corrected chi connectivity index (χ2v) is 6.72. The molecule has 2 aliphatic heterocycles. The van der Waals surface area contributed by atoms with Crippen molar-refractivity contribution in [2.24, 2.45) is 5.92 Å². The third-order valence-electron chi connectivity index (χ3n) is 5.00. The Morgan fingerprint density at radius 1 is 1.28 bits per heavy atom. The van der Waals surface area contributed by atoms with Crippen LogP contribution < -0.4 is 4.90 Å². The SMILES string of the molecule is Cc1cc(N2CC(C(=O)N3CCCC[C@@H]3C(=O)O)CC2=O)ccc1F. The quantitative estimate of drug-likeness (QED) is 0.906. The number of aryl methyl sites for hydroxylation is 1. The molecule has 0 aromatic heterocycles. The summed E-state index contributed by atoms with van der Waals surface area (Å²) in [6.07, 6.45) is 2.06. The summed E-state index contributed by atoms with van der Waals surface area (Å²) in [5, 5.41) is 9.33. The van der Waals surface area contributed by atoms with E-state index in [0.29, 0.717) is 24.2 Å². The first kappa shape index (κ1) is 17.4. The minimum absolute atomic E-state index is 0.0537. The van der Waals surface area contributed by atoms with E-state index in [-0.39, 0.29) is 30.6 Å². The number of halogens is 1. The second-order valence-electron chi connectivity index (χ2n) is 6.72. The van der Waals surface area contributed by atoms with Gasteiger partial charge in [0.05, 0.1) is 5.92 Å². The number of piperidine rings is 1. The summed E-state index contributed by atoms with van der Waals surface area (Å²) in [5.74, 6) is -2.38. The van der Waals surface area contributed by atoms with Crippen molar-refractivity contribution >= 4 is 23.5 Å². The molecule has 1 aromatic rings. The number of likely N-dealkylation sites (tertiary alicyclic amines) is 1. The maximum Gasteiger partial charge on any atom is 0.326 e. The van der Waals surface area contributed by atoms with E-state index in [2.05, 4.69) is 0 Å². The maximum atomic E-state index is 13.4. The van der Waals surface area contributed by atoms with Gasteiger partial charge in [0.25, 0.3) is 0 Å². The van der Waals surface area contributed by atoms with Crippen molar-refractivity contribution in [3.05, 3.63) is 29.6 Å². The van der Waals surface area contributed by atoms with Crippen LogP contribution in [0.3, 0.4) is 0 Å². The Kier molecular flexibility index (Phi) is 4.74. The van der Waals surface area contributed by atoms with Crippen LogP contribution in [0.2, 0.25) is 0 Å². The highest BCUT2D eigenvalue weighted by atomic mass is 19.1. The molecular weight excluding hydrogens is 327 g/mol. The molecule has 2 atom stereocenters. The average Bonchev–Trinajstić information content (AvgIpc) is 2.98. The molecule has 1 aromatic carbocycles. The summed E-state index contributed by atoms with van der Waals surface area (Å²) >= 11 is 0. The minimum Gasteiger partial charge on any atom is -0.480 e. The number of carboxylic acid groups (broad SMARTS) is 1. The smallest absolute Gasteiger partial charge is 0.326 e. The van der Waals surface area contributed by atoms with E-state index >= 15 is 0 Å². The van der Waals surface area contributed by atoms with Gasteiger partial charge in [-0.2, -0.15) is 0 Å². The molecule has 0 aliphatic carbocycles. The third-order valence-corrected chi connectivity index (χ3v) is 5.00. The Labute approximate surface area is 145 Å². The number of carboxylic acids is 1. The molecule has 1 N–H and O–H groups in total. The van der Waals surface area contributed by atoms with Gasteiger partial charge < -0.3 is 14.9 Å². The monoisotopic (exact) mass is 348 g/mol. The van der Waals surface area contributed by atoms with Crippen LogP contribution in [-0.2, 0) is 14.4 Å². The first-order valence-corrected chi connectivity index (χ1v) is 8.48. The van der Waals surface area contributed by atoms with E-state index in [9.17, 15) is 23.9 Å². The predicted molar refractivity (Wildman–Crippen MR) is 88.6 cm³/mol. The van der Waals surface area contributed by atoms with Crippen LogP contribution in [0.5, 0.6) is 0 Å². The molecule has 134 valence electrons. The van der Waals surface area contributed by atoms with Gasteiger partial charge in [-0.15, -0.1) is 0 Å². The van der Waals surface area contributed by atoms with E-state index in [1.807, 2.05) is 0 Å². The van der Waals surface area contributed by atoms with Crippen molar-refractivity contribution in [1.82, 2.24) is 4.90 Å². The van der Waals surface area contributed by atoms with Crippen LogP contribution in [0.4, 0.5) is 10.1 Å². The van der Waals surface area contributed by atoms with Crippen LogP contribution in [0.15, 0.2) is 18.2 Å². The molecule has 0 radical (unpaired) electrons. The third kappa shape index (κ3) is 3.36. The fourth-order valence-corrected chi connectivity index (χ4v) is 3.61. The molecule has 2 saturated heterocycles. The highest BCUT2D eigenvalue weighted by molar-refractivity contribution is 6.00. The number of carbonyl (C=O) groups excluding carboxylic acids is 2. The lowest BCUT2D eigenvalue weighted by Crippen LogP contribution is -2.50. The molecule has 2 aliphatic rings. The molecule has 2 fully saturated rings. The summed E-state index contributed by atoms with van der Waals surface area (Å²) in [7, 11) is 0. The number of carbonyl (C=O) groups is 3. The van der Waals surface area contributed by atoms with Crippen LogP contribution >= 0.6 is 0 Å². The van der Waals surface area contributed by atoms with Crippen molar-refractivity contribution < 1.29 is 23.9 Å². The van der Waals surface area contributed by atoms with Crippen LogP contribution in [0, 0.1) is 18.7 Å². The summed E-state index contributed by atoms with van der Waals surface area (Å²) in [6, 6.07) is 3.60. The topological polar surface area (TPSA) is 77.9 Å². The van der Waals surface area contributed by atoms with Gasteiger partial charge in [0.2, 0.25) is 11.8 Å². The van der Waals surface area contributed by atoms with Gasteiger partial charge in [-0.05, 0) is 49.9 Å². The Balaban J connectivity index is 1.76. The molecule has 25 heavy (non-hydrogen) atoms. The number of nitrogens with zero attached hydrogens (tertiary/aromatic N) is 2. The van der Waals surface area contributed by atoms with Crippen molar-refractivity contribution in [3.63, 3.8) is 0 Å². The van der Waals surface area contributed by atoms with Crippen LogP contribution in [0.1, 0.15) is 31.2 Å². The number of amides is 2. The first-order valence-electron chi connectivity index (χ1n) is 8.48. The van der Waals surface area contributed by atoms with Crippen molar-refractivity contribution in [2.75, 3.05) is 18.0 Å². The summed E-state index contributed by atoms with van der Waals surface area (Å²) in [6.45, 7) is 2.23. The normalized spacial score (nSPS) is 23.8. The highest BCUT2D eigenvalue weighted by Gasteiger charge is 2.41. The molecule has 7 heteroatoms. The number of aliphatic carboxylic acids is 1. The standard InChI is InChI=1S/C18H21FN2O4/c1-11-8-13(5-6-14(11)19)21-10-12(9-16(21)22)17(23)20-7-3-2-4-15(20)18(24)25/h5-6,8,12,15H,2-4,7,9-10H2,1H3,(H,24,25)/t12?,15-/m1/s1. The fourth-order valence-electron chi connectivity index (χ4n) is 3.61. The van der Waals surface area contributed by atoms with Gasteiger partial charge in [-0.25, -0.2) is 9.18 Å². The number of hydrogen-bond acceptors (Lipinski definition) is 3. The van der Waals surface area contributed by atoms with Crippen LogP contribution in [0.25, 0.3) is 0 Å². The van der Waals surface area contributed by atoms with Crippen molar-refractivity contribution in [1.29, 1.82) is 0 Å². The second kappa shape index (κ2) is 6.82. The first-order chi connectivity index (χ1) is 11.9. The summed E-state index contributed by atoms with van der Waals surface area (Å²) < 4.78 is 13.4. The van der Waals surface area contributed by atoms with Crippen LogP contribution in [-0.4, -0.2) is 46.9 Å². The molecule has 2 amide bonds. The fraction of sp³-hybridized carbons (Fsp3) is 0.500. The largest absolute Gasteiger partial charge is 0.480 e. The lowest BCUT2D eigenvalue weighted by molar-refractivity contribution is -0.153. The van der Waals surface area contributed by atoms with E-state index in [0.717, 1.165) is 12.8 Å². The zero-order valence-corrected chi connectivity index (χ0v) is 14.1. The molecule has 1 unspecified atom stereocenters. The molecule has 0 bridgehead atoms. The zero-order valence-electron chi connectivity index (χ0n) is 14.1. The highest BCUT2D eigenvalue weighted by Crippen LogP contribution is 2.29. The van der Waals surface area contributed by atoms with Gasteiger partial charge >= 0.3 is 5.97 Å². The van der Waals surface area contributed by atoms with Gasteiger partial charge in [0, 0.05) is 25.2 Å². The summed E-state index contributed by atoms with van der Waals surface area (Å²) in [4.78, 5) is 39.4. The summed E-state index contributed by atoms with van der Waals surface area (Å²) in [5.41, 5.74) is 0.995. The number of benzene rings is 1. The van der Waals surface area contributed by atoms with E-state index < -0.39 is 17.9 Å². The number of anilines is 1. The molecule has 0 spiro atoms. The lowest BCUT2D eigenvalue weighted by atomic mass is 9.98. The van der Waals surface area contributed by atoms with Gasteiger partial charge in [0.15, 0.2) is 0 Å². The van der Waals surface area contributed by atoms with E-state index in [1.54, 1.807) is 13.0 Å². The Morgan fingerprint density at radius 2 is 2.04 bits per heavy atom. The molecule has 3 rings (SSSR count). The Hall–Kier alpha value is -2.44. The van der Waals surface area contributed by atoms with E-state index in [1.165, 1.54) is 21.9 Å². The molecule has 2 heterocycles. The van der Waals surface area contributed by atoms with Crippen molar-refractivity contribution in [3.8, 4) is 0 Å². The van der Waals surface area contributed by atoms with Gasteiger partial charge in [-0.1, -0.05) is 0 Å².